The van der Waals surface area contributed by atoms with Crippen molar-refractivity contribution >= 4 is 106 Å². The molecule has 0 aliphatic heterocycles. The van der Waals surface area contributed by atoms with Gasteiger partial charge in [0.15, 0.2) is 0 Å². The predicted molar refractivity (Wildman–Crippen MR) is 232 cm³/mol. The Hall–Kier alpha value is -6.26. The highest BCUT2D eigenvalue weighted by Gasteiger charge is 2.19. The molecule has 9 aromatic carbocycles. The second-order valence-electron chi connectivity index (χ2n) is 14.0. The van der Waals surface area contributed by atoms with Crippen LogP contribution >= 0.6 is 22.7 Å². The van der Waals surface area contributed by atoms with Crippen molar-refractivity contribution in [2.24, 2.45) is 0 Å². The van der Waals surface area contributed by atoms with Crippen molar-refractivity contribution in [1.82, 2.24) is 4.57 Å². The van der Waals surface area contributed by atoms with Crippen LogP contribution in [0.2, 0.25) is 0 Å². The zero-order valence-electron chi connectivity index (χ0n) is 28.5. The Bertz CT molecular complexity index is 3290. The zero-order valence-corrected chi connectivity index (χ0v) is 30.1. The molecule has 246 valence electrons. The van der Waals surface area contributed by atoms with E-state index in [1.807, 2.05) is 22.7 Å². The van der Waals surface area contributed by atoms with Crippen molar-refractivity contribution < 1.29 is 0 Å². The van der Waals surface area contributed by atoms with Gasteiger partial charge >= 0.3 is 0 Å². The lowest BCUT2D eigenvalue weighted by Crippen LogP contribution is -1.96. The van der Waals surface area contributed by atoms with Crippen LogP contribution in [0.4, 0.5) is 0 Å². The number of hydrogen-bond acceptors (Lipinski definition) is 2. The van der Waals surface area contributed by atoms with Crippen LogP contribution in [0.25, 0.3) is 112 Å². The van der Waals surface area contributed by atoms with Gasteiger partial charge < -0.3 is 4.57 Å². The zero-order chi connectivity index (χ0) is 34.6. The first-order chi connectivity index (χ1) is 26.3. The van der Waals surface area contributed by atoms with Gasteiger partial charge in [-0.05, 0) is 80.9 Å². The van der Waals surface area contributed by atoms with E-state index in [0.29, 0.717) is 0 Å². The number of nitrogens with zero attached hydrogens (tertiary/aromatic N) is 1. The summed E-state index contributed by atoms with van der Waals surface area (Å²) in [6.07, 6.45) is 0. The lowest BCUT2D eigenvalue weighted by molar-refractivity contribution is 1.20. The number of fused-ring (bicyclic) bond motifs is 12. The molecule has 0 unspecified atom stereocenters. The molecule has 3 heteroatoms. The molecule has 0 amide bonds. The average Bonchev–Trinajstić information content (AvgIpc) is 3.90. The first-order valence-corrected chi connectivity index (χ1v) is 19.7. The Labute approximate surface area is 313 Å². The number of thiophene rings is 2. The number of aromatic nitrogens is 1. The highest BCUT2D eigenvalue weighted by molar-refractivity contribution is 7.26. The van der Waals surface area contributed by atoms with E-state index >= 15 is 0 Å². The molecule has 0 bridgehead atoms. The predicted octanol–water partition coefficient (Wildman–Crippen LogP) is 15.2. The van der Waals surface area contributed by atoms with Gasteiger partial charge in [-0.1, -0.05) is 133 Å². The molecule has 0 aliphatic carbocycles. The van der Waals surface area contributed by atoms with E-state index < -0.39 is 0 Å². The SMILES string of the molecule is c1ccc2c(c1)cc(-n1c3ccc(-c4cccc5c4sc4ccccc45)cc3c3cc(-c4cccc5c4sc4ccccc45)ccc31)c1ccccc12. The van der Waals surface area contributed by atoms with Gasteiger partial charge in [-0.2, -0.15) is 0 Å². The van der Waals surface area contributed by atoms with Crippen LogP contribution in [-0.4, -0.2) is 4.57 Å². The van der Waals surface area contributed by atoms with Gasteiger partial charge in [0.1, 0.15) is 0 Å². The van der Waals surface area contributed by atoms with Crippen molar-refractivity contribution in [3.8, 4) is 27.9 Å². The Balaban J connectivity index is 1.17. The standard InChI is InChI=1S/C50H29NS2/c1-2-12-33-30(11-1)29-46(37-14-4-3-13-36(33)37)51-44-25-23-31(34-17-9-19-40-38-15-5-7-21-47(38)52-49(34)40)27-42(44)43-28-32(24-26-45(43)51)35-18-10-20-41-39-16-6-8-22-48(39)53-50(35)41/h1-29H. The fourth-order valence-electron chi connectivity index (χ4n) is 8.79. The summed E-state index contributed by atoms with van der Waals surface area (Å²) in [6.45, 7) is 0. The Morgan fingerprint density at radius 3 is 1.38 bits per heavy atom. The molecule has 0 radical (unpaired) electrons. The Morgan fingerprint density at radius 1 is 0.321 bits per heavy atom. The summed E-state index contributed by atoms with van der Waals surface area (Å²) in [4.78, 5) is 0. The molecule has 53 heavy (non-hydrogen) atoms. The monoisotopic (exact) mass is 707 g/mol. The maximum atomic E-state index is 2.51. The van der Waals surface area contributed by atoms with E-state index in [9.17, 15) is 0 Å². The van der Waals surface area contributed by atoms with Crippen molar-refractivity contribution in [2.75, 3.05) is 0 Å². The topological polar surface area (TPSA) is 4.93 Å². The van der Waals surface area contributed by atoms with E-state index in [-0.39, 0.29) is 0 Å². The van der Waals surface area contributed by atoms with E-state index in [1.165, 1.54) is 112 Å². The maximum Gasteiger partial charge on any atom is 0.0546 e. The summed E-state index contributed by atoms with van der Waals surface area (Å²) in [5, 5.41) is 12.9. The van der Waals surface area contributed by atoms with Crippen LogP contribution in [0, 0.1) is 0 Å². The quantitative estimate of drug-likeness (QED) is 0.161. The van der Waals surface area contributed by atoms with Crippen LogP contribution in [0.3, 0.4) is 0 Å². The molecule has 12 rings (SSSR count). The Kier molecular flexibility index (Phi) is 6.15. The molecule has 1 nitrogen and oxygen atoms in total. The minimum Gasteiger partial charge on any atom is -0.309 e. The lowest BCUT2D eigenvalue weighted by Gasteiger charge is -2.14. The smallest absolute Gasteiger partial charge is 0.0546 e. The second kappa shape index (κ2) is 11.1. The average molecular weight is 708 g/mol. The van der Waals surface area contributed by atoms with Crippen molar-refractivity contribution in [2.45, 2.75) is 0 Å². The molecule has 3 heterocycles. The van der Waals surface area contributed by atoms with Crippen molar-refractivity contribution in [3.63, 3.8) is 0 Å². The van der Waals surface area contributed by atoms with Crippen LogP contribution in [0.1, 0.15) is 0 Å². The van der Waals surface area contributed by atoms with E-state index in [2.05, 4.69) is 180 Å². The first-order valence-electron chi connectivity index (χ1n) is 18.1. The summed E-state index contributed by atoms with van der Waals surface area (Å²) < 4.78 is 7.85. The molecular weight excluding hydrogens is 679 g/mol. The third-order valence-electron chi connectivity index (χ3n) is 11.2. The molecule has 0 N–H and O–H groups in total. The molecule has 0 spiro atoms. The summed E-state index contributed by atoms with van der Waals surface area (Å²) >= 11 is 3.79. The Morgan fingerprint density at radius 2 is 0.792 bits per heavy atom. The van der Waals surface area contributed by atoms with Crippen LogP contribution in [0.5, 0.6) is 0 Å². The van der Waals surface area contributed by atoms with E-state index in [4.69, 9.17) is 0 Å². The molecule has 0 saturated heterocycles. The van der Waals surface area contributed by atoms with Gasteiger partial charge in [-0.15, -0.1) is 22.7 Å². The third kappa shape index (κ3) is 4.24. The van der Waals surface area contributed by atoms with Gasteiger partial charge in [-0.3, -0.25) is 0 Å². The van der Waals surface area contributed by atoms with Gasteiger partial charge in [-0.25, -0.2) is 0 Å². The fraction of sp³-hybridized carbons (Fsp3) is 0. The van der Waals surface area contributed by atoms with Gasteiger partial charge in [0, 0.05) is 56.5 Å². The highest BCUT2D eigenvalue weighted by Crippen LogP contribution is 2.45. The molecule has 3 aromatic heterocycles. The molecule has 0 atom stereocenters. The highest BCUT2D eigenvalue weighted by atomic mass is 32.1. The van der Waals surface area contributed by atoms with Crippen LogP contribution in [-0.2, 0) is 0 Å². The fourth-order valence-corrected chi connectivity index (χ4v) is 11.3. The molecule has 0 aliphatic rings. The maximum absolute atomic E-state index is 2.51. The summed E-state index contributed by atoms with van der Waals surface area (Å²) in [5.74, 6) is 0. The van der Waals surface area contributed by atoms with Crippen molar-refractivity contribution in [3.05, 3.63) is 176 Å². The molecule has 12 aromatic rings. The minimum absolute atomic E-state index is 1.21. The van der Waals surface area contributed by atoms with E-state index in [0.717, 1.165) is 0 Å². The minimum atomic E-state index is 1.21. The number of rotatable bonds is 3. The van der Waals surface area contributed by atoms with Gasteiger partial charge in [0.05, 0.1) is 16.7 Å². The molecule has 0 saturated carbocycles. The summed E-state index contributed by atoms with van der Waals surface area (Å²) in [7, 11) is 0. The second-order valence-corrected chi connectivity index (χ2v) is 16.1. The van der Waals surface area contributed by atoms with Gasteiger partial charge in [0.25, 0.3) is 0 Å². The van der Waals surface area contributed by atoms with Crippen molar-refractivity contribution in [1.29, 1.82) is 0 Å². The van der Waals surface area contributed by atoms with Gasteiger partial charge in [0.2, 0.25) is 0 Å². The number of hydrogen-bond donors (Lipinski definition) is 0. The molecular formula is C50H29NS2. The first kappa shape index (κ1) is 29.3. The van der Waals surface area contributed by atoms with Crippen LogP contribution < -0.4 is 0 Å². The summed E-state index contributed by atoms with van der Waals surface area (Å²) in [5.41, 5.74) is 8.69. The largest absolute Gasteiger partial charge is 0.309 e. The normalized spacial score (nSPS) is 12.2. The lowest BCUT2D eigenvalue weighted by atomic mass is 9.98. The summed E-state index contributed by atoms with van der Waals surface area (Å²) in [6, 6.07) is 65.4. The third-order valence-corrected chi connectivity index (χ3v) is 13.6. The van der Waals surface area contributed by atoms with E-state index in [1.54, 1.807) is 0 Å². The van der Waals surface area contributed by atoms with Crippen LogP contribution in [0.15, 0.2) is 176 Å². The molecule has 0 fully saturated rings. The number of benzene rings is 9.